The van der Waals surface area contributed by atoms with Gasteiger partial charge in [0.2, 0.25) is 0 Å². The van der Waals surface area contributed by atoms with E-state index in [9.17, 15) is 4.79 Å². The third-order valence-corrected chi connectivity index (χ3v) is 2.46. The minimum Gasteiger partial charge on any atom is -0.365 e. The number of carbonyl (C=O) groups excluding carboxylic acids is 1. The summed E-state index contributed by atoms with van der Waals surface area (Å²) in [6, 6.07) is 3.74. The van der Waals surface area contributed by atoms with Crippen molar-refractivity contribution in [2.45, 2.75) is 6.54 Å². The maximum atomic E-state index is 10.8. The number of hydrogen-bond donors (Lipinski definition) is 1. The standard InChI is InChI=1S/C11H9ClN4O/c12-10-9(6-17)11(16-7-15-10)14-5-8-1-3-13-4-2-8/h1-4,6-7H,5H2,(H,14,15,16). The Bertz CT molecular complexity index is 518. The zero-order valence-corrected chi connectivity index (χ0v) is 9.55. The lowest BCUT2D eigenvalue weighted by Gasteiger charge is -2.07. The summed E-state index contributed by atoms with van der Waals surface area (Å²) in [5.41, 5.74) is 1.30. The summed E-state index contributed by atoms with van der Waals surface area (Å²) in [5.74, 6) is 0.428. The van der Waals surface area contributed by atoms with Crippen LogP contribution < -0.4 is 5.32 Å². The Labute approximate surface area is 103 Å². The van der Waals surface area contributed by atoms with E-state index in [1.54, 1.807) is 12.4 Å². The lowest BCUT2D eigenvalue weighted by Crippen LogP contribution is -2.05. The van der Waals surface area contributed by atoms with E-state index in [1.807, 2.05) is 12.1 Å². The van der Waals surface area contributed by atoms with Crippen molar-refractivity contribution < 1.29 is 4.79 Å². The molecule has 0 aliphatic rings. The number of anilines is 1. The van der Waals surface area contributed by atoms with Gasteiger partial charge in [0.05, 0.1) is 5.56 Å². The first-order valence-corrected chi connectivity index (χ1v) is 5.27. The molecule has 2 aromatic rings. The number of nitrogens with zero attached hydrogens (tertiary/aromatic N) is 3. The van der Waals surface area contributed by atoms with Crippen molar-refractivity contribution in [3.05, 3.63) is 47.1 Å². The van der Waals surface area contributed by atoms with Crippen LogP contribution in [0.15, 0.2) is 30.9 Å². The van der Waals surface area contributed by atoms with E-state index in [0.29, 0.717) is 18.6 Å². The molecule has 86 valence electrons. The number of pyridine rings is 1. The highest BCUT2D eigenvalue weighted by molar-refractivity contribution is 6.32. The summed E-state index contributed by atoms with van der Waals surface area (Å²) >= 11 is 5.78. The number of nitrogens with one attached hydrogen (secondary N) is 1. The highest BCUT2D eigenvalue weighted by Gasteiger charge is 2.08. The maximum Gasteiger partial charge on any atom is 0.156 e. The summed E-state index contributed by atoms with van der Waals surface area (Å²) in [5, 5.41) is 3.17. The van der Waals surface area contributed by atoms with Crippen LogP contribution in [-0.4, -0.2) is 21.2 Å². The van der Waals surface area contributed by atoms with Gasteiger partial charge < -0.3 is 5.32 Å². The molecule has 2 heterocycles. The van der Waals surface area contributed by atoms with E-state index in [1.165, 1.54) is 6.33 Å². The van der Waals surface area contributed by atoms with Crippen LogP contribution in [0.25, 0.3) is 0 Å². The maximum absolute atomic E-state index is 10.8. The third kappa shape index (κ3) is 2.76. The van der Waals surface area contributed by atoms with E-state index in [-0.39, 0.29) is 10.7 Å². The molecule has 2 rings (SSSR count). The summed E-state index contributed by atoms with van der Waals surface area (Å²) in [4.78, 5) is 22.5. The lowest BCUT2D eigenvalue weighted by atomic mass is 10.2. The van der Waals surface area contributed by atoms with Gasteiger partial charge >= 0.3 is 0 Å². The van der Waals surface area contributed by atoms with Gasteiger partial charge in [0.25, 0.3) is 0 Å². The Morgan fingerprint density at radius 1 is 1.29 bits per heavy atom. The number of carbonyl (C=O) groups is 1. The van der Waals surface area contributed by atoms with Gasteiger partial charge in [-0.05, 0) is 17.7 Å². The molecule has 0 atom stereocenters. The van der Waals surface area contributed by atoms with Crippen molar-refractivity contribution >= 4 is 23.7 Å². The molecule has 0 aromatic carbocycles. The third-order valence-electron chi connectivity index (χ3n) is 2.16. The van der Waals surface area contributed by atoms with Gasteiger partial charge in [0, 0.05) is 18.9 Å². The number of hydrogen-bond acceptors (Lipinski definition) is 5. The molecular formula is C11H9ClN4O. The normalized spacial score (nSPS) is 9.94. The Balaban J connectivity index is 2.14. The number of rotatable bonds is 4. The molecule has 0 bridgehead atoms. The average Bonchev–Trinajstić information content (AvgIpc) is 2.37. The molecule has 0 amide bonds. The predicted molar refractivity (Wildman–Crippen MR) is 64.0 cm³/mol. The van der Waals surface area contributed by atoms with E-state index >= 15 is 0 Å². The molecule has 0 aliphatic carbocycles. The second-order valence-corrected chi connectivity index (χ2v) is 3.61. The van der Waals surface area contributed by atoms with E-state index in [2.05, 4.69) is 20.3 Å². The first-order chi connectivity index (χ1) is 8.31. The number of aldehydes is 1. The fourth-order valence-corrected chi connectivity index (χ4v) is 1.48. The Morgan fingerprint density at radius 2 is 2.06 bits per heavy atom. The van der Waals surface area contributed by atoms with E-state index < -0.39 is 0 Å². The van der Waals surface area contributed by atoms with Crippen molar-refractivity contribution in [3.8, 4) is 0 Å². The van der Waals surface area contributed by atoms with Crippen molar-refractivity contribution in [2.75, 3.05) is 5.32 Å². The summed E-state index contributed by atoms with van der Waals surface area (Å²) in [6.07, 6.45) is 5.34. The van der Waals surface area contributed by atoms with Gasteiger partial charge in [-0.15, -0.1) is 0 Å². The van der Waals surface area contributed by atoms with E-state index in [4.69, 9.17) is 11.6 Å². The lowest BCUT2D eigenvalue weighted by molar-refractivity contribution is 0.112. The van der Waals surface area contributed by atoms with Gasteiger partial charge in [0.15, 0.2) is 6.29 Å². The molecule has 0 saturated carbocycles. The van der Waals surface area contributed by atoms with Gasteiger partial charge in [-0.3, -0.25) is 9.78 Å². The fraction of sp³-hybridized carbons (Fsp3) is 0.0909. The first-order valence-electron chi connectivity index (χ1n) is 4.89. The van der Waals surface area contributed by atoms with Crippen molar-refractivity contribution in [1.82, 2.24) is 15.0 Å². The topological polar surface area (TPSA) is 67.8 Å². The van der Waals surface area contributed by atoms with Crippen molar-refractivity contribution in [3.63, 3.8) is 0 Å². The van der Waals surface area contributed by atoms with Gasteiger partial charge in [-0.25, -0.2) is 9.97 Å². The summed E-state index contributed by atoms with van der Waals surface area (Å²) < 4.78 is 0. The van der Waals surface area contributed by atoms with Crippen LogP contribution in [0, 0.1) is 0 Å². The van der Waals surface area contributed by atoms with Crippen molar-refractivity contribution in [1.29, 1.82) is 0 Å². The first kappa shape index (κ1) is 11.5. The minimum atomic E-state index is 0.146. The predicted octanol–water partition coefficient (Wildman–Crippen LogP) is 1.95. The molecule has 5 nitrogen and oxygen atoms in total. The SMILES string of the molecule is O=Cc1c(Cl)ncnc1NCc1ccncc1. The molecule has 0 unspecified atom stereocenters. The van der Waals surface area contributed by atoms with Gasteiger partial charge in [0.1, 0.15) is 17.3 Å². The fourth-order valence-electron chi connectivity index (χ4n) is 1.31. The molecule has 1 N–H and O–H groups in total. The second-order valence-electron chi connectivity index (χ2n) is 3.25. The van der Waals surface area contributed by atoms with Crippen LogP contribution in [0.3, 0.4) is 0 Å². The van der Waals surface area contributed by atoms with Crippen molar-refractivity contribution in [2.24, 2.45) is 0 Å². The summed E-state index contributed by atoms with van der Waals surface area (Å²) in [7, 11) is 0. The van der Waals surface area contributed by atoms with Crippen LogP contribution in [0.5, 0.6) is 0 Å². The molecule has 0 fully saturated rings. The molecule has 0 aliphatic heterocycles. The van der Waals surface area contributed by atoms with Crippen LogP contribution in [-0.2, 0) is 6.54 Å². The molecule has 6 heteroatoms. The zero-order valence-electron chi connectivity index (χ0n) is 8.80. The second kappa shape index (κ2) is 5.36. The van der Waals surface area contributed by atoms with Crippen LogP contribution in [0.2, 0.25) is 5.15 Å². The quantitative estimate of drug-likeness (QED) is 0.662. The molecule has 2 aromatic heterocycles. The monoisotopic (exact) mass is 248 g/mol. The Morgan fingerprint density at radius 3 is 2.76 bits per heavy atom. The number of halogens is 1. The average molecular weight is 249 g/mol. The number of aromatic nitrogens is 3. The molecule has 0 saturated heterocycles. The zero-order chi connectivity index (χ0) is 12.1. The summed E-state index contributed by atoms with van der Waals surface area (Å²) in [6.45, 7) is 0.538. The van der Waals surface area contributed by atoms with Gasteiger partial charge in [-0.2, -0.15) is 0 Å². The Hall–Kier alpha value is -2.01. The molecule has 17 heavy (non-hydrogen) atoms. The Kier molecular flexibility index (Phi) is 3.62. The highest BCUT2D eigenvalue weighted by Crippen LogP contribution is 2.17. The van der Waals surface area contributed by atoms with Crippen LogP contribution in [0.1, 0.15) is 15.9 Å². The minimum absolute atomic E-state index is 0.146. The molecular weight excluding hydrogens is 240 g/mol. The van der Waals surface area contributed by atoms with E-state index in [0.717, 1.165) is 5.56 Å². The largest absolute Gasteiger partial charge is 0.365 e. The van der Waals surface area contributed by atoms with Crippen LogP contribution >= 0.6 is 11.6 Å². The van der Waals surface area contributed by atoms with Gasteiger partial charge in [-0.1, -0.05) is 11.6 Å². The van der Waals surface area contributed by atoms with Crippen LogP contribution in [0.4, 0.5) is 5.82 Å². The molecule has 0 radical (unpaired) electrons. The highest BCUT2D eigenvalue weighted by atomic mass is 35.5. The smallest absolute Gasteiger partial charge is 0.156 e. The molecule has 0 spiro atoms.